The maximum atomic E-state index is 11.3. The fourth-order valence-corrected chi connectivity index (χ4v) is 2.73. The van der Waals surface area contributed by atoms with Crippen LogP contribution < -0.4 is 9.47 Å². The summed E-state index contributed by atoms with van der Waals surface area (Å²) in [6.45, 7) is 0. The summed E-state index contributed by atoms with van der Waals surface area (Å²) < 4.78 is 11.3. The minimum atomic E-state index is -0.121. The number of aromatic hydroxyl groups is 1. The molecule has 0 fully saturated rings. The highest BCUT2D eigenvalue weighted by Crippen LogP contribution is 2.44. The lowest BCUT2D eigenvalue weighted by Gasteiger charge is -2.28. The van der Waals surface area contributed by atoms with E-state index in [0.717, 1.165) is 24.0 Å². The second kappa shape index (κ2) is 5.48. The van der Waals surface area contributed by atoms with Gasteiger partial charge in [0, 0.05) is 11.6 Å². The zero-order chi connectivity index (χ0) is 14.8. The van der Waals surface area contributed by atoms with E-state index < -0.39 is 0 Å². The first-order chi connectivity index (χ1) is 10.2. The molecule has 0 radical (unpaired) electrons. The van der Waals surface area contributed by atoms with Gasteiger partial charge in [0.05, 0.1) is 12.7 Å². The minimum absolute atomic E-state index is 0.116. The largest absolute Gasteiger partial charge is 0.507 e. The van der Waals surface area contributed by atoms with Gasteiger partial charge in [0.25, 0.3) is 0 Å². The second-order valence-electron chi connectivity index (χ2n) is 4.99. The highest BCUT2D eigenvalue weighted by Gasteiger charge is 2.28. The summed E-state index contributed by atoms with van der Waals surface area (Å²) in [7, 11) is 1.54. The number of hydrogen-bond acceptors (Lipinski definition) is 4. The Morgan fingerprint density at radius 1 is 1.33 bits per heavy atom. The first-order valence-corrected chi connectivity index (χ1v) is 6.84. The summed E-state index contributed by atoms with van der Waals surface area (Å²) in [5, 5.41) is 9.94. The summed E-state index contributed by atoms with van der Waals surface area (Å²) in [4.78, 5) is 11.3. The lowest BCUT2D eigenvalue weighted by molar-refractivity contribution is 0.110. The van der Waals surface area contributed by atoms with Gasteiger partial charge in [-0.3, -0.25) is 4.79 Å². The highest BCUT2D eigenvalue weighted by atomic mass is 16.5. The first kappa shape index (κ1) is 13.5. The summed E-state index contributed by atoms with van der Waals surface area (Å²) in [6.07, 6.45) is 2.04. The molecule has 4 nitrogen and oxygen atoms in total. The molecular weight excluding hydrogens is 268 g/mol. The van der Waals surface area contributed by atoms with Crippen LogP contribution in [0.5, 0.6) is 17.2 Å². The van der Waals surface area contributed by atoms with Crippen molar-refractivity contribution in [2.45, 2.75) is 18.9 Å². The number of rotatable bonds is 3. The summed E-state index contributed by atoms with van der Waals surface area (Å²) in [6, 6.07) is 11.3. The molecule has 0 aliphatic carbocycles. The molecule has 21 heavy (non-hydrogen) atoms. The zero-order valence-electron chi connectivity index (χ0n) is 11.7. The average molecular weight is 284 g/mol. The Morgan fingerprint density at radius 2 is 2.10 bits per heavy atom. The van der Waals surface area contributed by atoms with Gasteiger partial charge < -0.3 is 14.6 Å². The second-order valence-corrected chi connectivity index (χ2v) is 4.99. The standard InChI is InChI=1S/C17H16O4/c1-20-16-9-14(19)13(10-18)17-12(16)7-8-15(21-17)11-5-3-2-4-6-11/h2-6,9-10,15,19H,7-8H2,1H3. The van der Waals surface area contributed by atoms with Gasteiger partial charge in [0.1, 0.15) is 23.4 Å². The monoisotopic (exact) mass is 284 g/mol. The van der Waals surface area contributed by atoms with Crippen LogP contribution >= 0.6 is 0 Å². The highest BCUT2D eigenvalue weighted by molar-refractivity contribution is 5.85. The third-order valence-corrected chi connectivity index (χ3v) is 3.79. The summed E-state index contributed by atoms with van der Waals surface area (Å²) >= 11 is 0. The molecule has 1 heterocycles. The summed E-state index contributed by atoms with van der Waals surface area (Å²) in [5.41, 5.74) is 2.08. The third kappa shape index (κ3) is 2.33. The van der Waals surface area contributed by atoms with Crippen molar-refractivity contribution < 1.29 is 19.4 Å². The molecule has 0 bridgehead atoms. The molecule has 2 aromatic rings. The van der Waals surface area contributed by atoms with E-state index in [1.165, 1.54) is 6.07 Å². The van der Waals surface area contributed by atoms with Crippen LogP contribution in [0.15, 0.2) is 36.4 Å². The maximum Gasteiger partial charge on any atom is 0.157 e. The molecule has 1 aliphatic heterocycles. The van der Waals surface area contributed by atoms with E-state index in [1.807, 2.05) is 30.3 Å². The molecule has 108 valence electrons. The van der Waals surface area contributed by atoms with E-state index in [0.29, 0.717) is 17.8 Å². The molecule has 3 rings (SSSR count). The van der Waals surface area contributed by atoms with Crippen molar-refractivity contribution in [3.05, 3.63) is 53.1 Å². The van der Waals surface area contributed by atoms with Crippen molar-refractivity contribution in [3.63, 3.8) is 0 Å². The van der Waals surface area contributed by atoms with Gasteiger partial charge in [-0.25, -0.2) is 0 Å². The smallest absolute Gasteiger partial charge is 0.157 e. The van der Waals surface area contributed by atoms with Gasteiger partial charge in [-0.1, -0.05) is 30.3 Å². The number of hydrogen-bond donors (Lipinski definition) is 1. The van der Waals surface area contributed by atoms with Gasteiger partial charge in [-0.2, -0.15) is 0 Å². The van der Waals surface area contributed by atoms with Crippen LogP contribution in [0.1, 0.15) is 34.0 Å². The predicted octanol–water partition coefficient (Wildman–Crippen LogP) is 3.28. The number of fused-ring (bicyclic) bond motifs is 1. The van der Waals surface area contributed by atoms with Crippen LogP contribution in [-0.2, 0) is 6.42 Å². The van der Waals surface area contributed by atoms with Crippen molar-refractivity contribution in [2.24, 2.45) is 0 Å². The Bertz CT molecular complexity index is 664. The molecule has 0 spiro atoms. The van der Waals surface area contributed by atoms with E-state index in [9.17, 15) is 9.90 Å². The fourth-order valence-electron chi connectivity index (χ4n) is 2.73. The predicted molar refractivity (Wildman–Crippen MR) is 78.2 cm³/mol. The van der Waals surface area contributed by atoms with E-state index in [-0.39, 0.29) is 17.4 Å². The average Bonchev–Trinajstić information content (AvgIpc) is 2.54. The molecule has 2 aromatic carbocycles. The minimum Gasteiger partial charge on any atom is -0.507 e. The molecule has 0 saturated heterocycles. The van der Waals surface area contributed by atoms with Crippen LogP contribution in [0.2, 0.25) is 0 Å². The first-order valence-electron chi connectivity index (χ1n) is 6.84. The van der Waals surface area contributed by atoms with Crippen molar-refractivity contribution in [1.29, 1.82) is 0 Å². The Morgan fingerprint density at radius 3 is 2.76 bits per heavy atom. The van der Waals surface area contributed by atoms with Gasteiger partial charge in [0.2, 0.25) is 0 Å². The van der Waals surface area contributed by atoms with E-state index in [2.05, 4.69) is 0 Å². The number of benzene rings is 2. The normalized spacial score (nSPS) is 16.7. The molecule has 4 heteroatoms. The SMILES string of the molecule is COc1cc(O)c(C=O)c2c1CCC(c1ccccc1)O2. The number of ether oxygens (including phenoxy) is 2. The molecule has 1 aliphatic rings. The van der Waals surface area contributed by atoms with Gasteiger partial charge in [-0.15, -0.1) is 0 Å². The van der Waals surface area contributed by atoms with Crippen LogP contribution in [-0.4, -0.2) is 18.5 Å². The number of carbonyl (C=O) groups is 1. The zero-order valence-corrected chi connectivity index (χ0v) is 11.7. The Hall–Kier alpha value is -2.49. The molecule has 1 unspecified atom stereocenters. The Balaban J connectivity index is 2.05. The molecule has 0 saturated carbocycles. The van der Waals surface area contributed by atoms with Crippen molar-refractivity contribution in [2.75, 3.05) is 7.11 Å². The lowest BCUT2D eigenvalue weighted by atomic mass is 9.94. The molecule has 1 atom stereocenters. The van der Waals surface area contributed by atoms with Gasteiger partial charge in [-0.05, 0) is 18.4 Å². The number of carbonyl (C=O) groups excluding carboxylic acids is 1. The third-order valence-electron chi connectivity index (χ3n) is 3.79. The summed E-state index contributed by atoms with van der Waals surface area (Å²) in [5.74, 6) is 0.871. The van der Waals surface area contributed by atoms with Crippen LogP contribution in [0.3, 0.4) is 0 Å². The lowest BCUT2D eigenvalue weighted by Crippen LogP contribution is -2.17. The number of methoxy groups -OCH3 is 1. The van der Waals surface area contributed by atoms with E-state index in [1.54, 1.807) is 7.11 Å². The van der Waals surface area contributed by atoms with Gasteiger partial charge >= 0.3 is 0 Å². The molecule has 0 amide bonds. The number of phenols is 1. The van der Waals surface area contributed by atoms with E-state index >= 15 is 0 Å². The van der Waals surface area contributed by atoms with Crippen molar-refractivity contribution >= 4 is 6.29 Å². The number of aldehydes is 1. The maximum absolute atomic E-state index is 11.3. The molecule has 1 N–H and O–H groups in total. The van der Waals surface area contributed by atoms with Crippen LogP contribution in [0, 0.1) is 0 Å². The Kier molecular flexibility index (Phi) is 3.52. The quantitative estimate of drug-likeness (QED) is 0.879. The fraction of sp³-hybridized carbons (Fsp3) is 0.235. The Labute approximate surface area is 122 Å². The van der Waals surface area contributed by atoms with E-state index in [4.69, 9.17) is 9.47 Å². The van der Waals surface area contributed by atoms with Crippen LogP contribution in [0.4, 0.5) is 0 Å². The molecular formula is C17H16O4. The topological polar surface area (TPSA) is 55.8 Å². The van der Waals surface area contributed by atoms with Crippen molar-refractivity contribution in [1.82, 2.24) is 0 Å². The van der Waals surface area contributed by atoms with Crippen molar-refractivity contribution in [3.8, 4) is 17.2 Å². The van der Waals surface area contributed by atoms with Crippen LogP contribution in [0.25, 0.3) is 0 Å². The number of phenolic OH excluding ortho intramolecular Hbond substituents is 1. The molecule has 0 aromatic heterocycles. The van der Waals surface area contributed by atoms with Gasteiger partial charge in [0.15, 0.2) is 6.29 Å².